The first-order valence-corrected chi connectivity index (χ1v) is 5.03. The maximum absolute atomic E-state index is 10.6. The van der Waals surface area contributed by atoms with Crippen molar-refractivity contribution in [1.29, 1.82) is 0 Å². The minimum absolute atomic E-state index is 0.150. The number of nitrogens with two attached hydrogens (primary N) is 2. The van der Waals surface area contributed by atoms with Crippen molar-refractivity contribution in [3.63, 3.8) is 0 Å². The number of ether oxygens (including phenoxy) is 1. The molecule has 1 heterocycles. The number of amides is 1. The molecule has 0 radical (unpaired) electrons. The van der Waals surface area contributed by atoms with E-state index >= 15 is 0 Å². The van der Waals surface area contributed by atoms with E-state index in [1.165, 1.54) is 0 Å². The van der Waals surface area contributed by atoms with Crippen molar-refractivity contribution in [2.75, 3.05) is 23.9 Å². The highest BCUT2D eigenvalue weighted by atomic mass is 16.5. The Bertz CT molecular complexity index is 384. The molecule has 0 fully saturated rings. The molecular weight excluding hydrogens is 226 g/mol. The smallest absolute Gasteiger partial charge is 0.323 e. The molecule has 0 aliphatic carbocycles. The summed E-state index contributed by atoms with van der Waals surface area (Å²) in [5.41, 5.74) is 7.29. The molecule has 0 aliphatic rings. The number of hydrogen-bond donors (Lipinski definition) is 4. The number of nitrogens with one attached hydrogen (secondary N) is 2. The molecule has 1 rings (SSSR count). The molecule has 0 bridgehead atoms. The van der Waals surface area contributed by atoms with E-state index in [-0.39, 0.29) is 24.3 Å². The Morgan fingerprint density at radius 3 is 2.65 bits per heavy atom. The van der Waals surface area contributed by atoms with E-state index in [1.54, 1.807) is 6.92 Å². The van der Waals surface area contributed by atoms with Crippen LogP contribution in [-0.2, 0) is 4.79 Å². The van der Waals surface area contributed by atoms with Gasteiger partial charge in [-0.05, 0) is 6.92 Å². The van der Waals surface area contributed by atoms with Gasteiger partial charge >= 0.3 is 6.01 Å². The van der Waals surface area contributed by atoms with Gasteiger partial charge < -0.3 is 15.8 Å². The molecular formula is C8H15N7O2. The van der Waals surface area contributed by atoms with Gasteiger partial charge in [-0.1, -0.05) is 0 Å². The SMILES string of the molecule is CCOc1nc(NN)nc(NCCC(N)=O)n1. The van der Waals surface area contributed by atoms with Crippen molar-refractivity contribution in [3.8, 4) is 6.01 Å². The average molecular weight is 241 g/mol. The number of carbonyl (C=O) groups excluding carboxylic acids is 1. The summed E-state index contributed by atoms with van der Waals surface area (Å²) >= 11 is 0. The number of nitrogens with zero attached hydrogens (tertiary/aromatic N) is 3. The van der Waals surface area contributed by atoms with Gasteiger partial charge in [0.2, 0.25) is 17.8 Å². The number of primary amides is 1. The van der Waals surface area contributed by atoms with Gasteiger partial charge in [0.15, 0.2) is 0 Å². The minimum Gasteiger partial charge on any atom is -0.464 e. The summed E-state index contributed by atoms with van der Waals surface area (Å²) in [6, 6.07) is 0.150. The Morgan fingerprint density at radius 2 is 2.06 bits per heavy atom. The van der Waals surface area contributed by atoms with E-state index in [4.69, 9.17) is 16.3 Å². The molecule has 0 unspecified atom stereocenters. The molecule has 0 saturated heterocycles. The lowest BCUT2D eigenvalue weighted by Gasteiger charge is -2.07. The number of rotatable bonds is 7. The molecule has 0 aromatic carbocycles. The molecule has 94 valence electrons. The van der Waals surface area contributed by atoms with E-state index in [2.05, 4.69) is 25.7 Å². The Labute approximate surface area is 97.9 Å². The van der Waals surface area contributed by atoms with Gasteiger partial charge in [0.05, 0.1) is 6.61 Å². The third-order valence-corrected chi connectivity index (χ3v) is 1.67. The lowest BCUT2D eigenvalue weighted by molar-refractivity contribution is -0.117. The van der Waals surface area contributed by atoms with Crippen LogP contribution in [0.1, 0.15) is 13.3 Å². The lowest BCUT2D eigenvalue weighted by atomic mass is 10.4. The van der Waals surface area contributed by atoms with Crippen LogP contribution in [0.5, 0.6) is 6.01 Å². The zero-order valence-corrected chi connectivity index (χ0v) is 9.43. The number of anilines is 2. The van der Waals surface area contributed by atoms with Crippen molar-refractivity contribution in [3.05, 3.63) is 0 Å². The maximum atomic E-state index is 10.6. The molecule has 0 atom stereocenters. The van der Waals surface area contributed by atoms with Crippen LogP contribution in [0.4, 0.5) is 11.9 Å². The van der Waals surface area contributed by atoms with Crippen molar-refractivity contribution < 1.29 is 9.53 Å². The molecule has 17 heavy (non-hydrogen) atoms. The van der Waals surface area contributed by atoms with Crippen LogP contribution >= 0.6 is 0 Å². The van der Waals surface area contributed by atoms with E-state index in [9.17, 15) is 4.79 Å². The summed E-state index contributed by atoms with van der Waals surface area (Å²) in [7, 11) is 0. The molecule has 1 aromatic rings. The van der Waals surface area contributed by atoms with Gasteiger partial charge in [-0.3, -0.25) is 10.2 Å². The van der Waals surface area contributed by atoms with Gasteiger partial charge in [-0.25, -0.2) is 5.84 Å². The molecule has 0 aliphatic heterocycles. The van der Waals surface area contributed by atoms with E-state index < -0.39 is 5.91 Å². The number of hydrazine groups is 1. The largest absolute Gasteiger partial charge is 0.464 e. The second kappa shape index (κ2) is 6.43. The first-order chi connectivity index (χ1) is 8.15. The van der Waals surface area contributed by atoms with Crippen LogP contribution in [0, 0.1) is 0 Å². The van der Waals surface area contributed by atoms with Crippen LogP contribution in [0.15, 0.2) is 0 Å². The highest BCUT2D eigenvalue weighted by Gasteiger charge is 2.06. The van der Waals surface area contributed by atoms with Gasteiger partial charge in [-0.15, -0.1) is 0 Å². The molecule has 9 nitrogen and oxygen atoms in total. The molecule has 1 amide bonds. The monoisotopic (exact) mass is 241 g/mol. The summed E-state index contributed by atoms with van der Waals surface area (Å²) in [4.78, 5) is 22.3. The maximum Gasteiger partial charge on any atom is 0.323 e. The second-order valence-corrected chi connectivity index (χ2v) is 2.99. The summed E-state index contributed by atoms with van der Waals surface area (Å²) < 4.78 is 5.13. The van der Waals surface area contributed by atoms with Gasteiger partial charge in [0.1, 0.15) is 0 Å². The van der Waals surface area contributed by atoms with Crippen LogP contribution < -0.4 is 27.1 Å². The highest BCUT2D eigenvalue weighted by Crippen LogP contribution is 2.10. The lowest BCUT2D eigenvalue weighted by Crippen LogP contribution is -2.18. The molecule has 6 N–H and O–H groups in total. The first kappa shape index (κ1) is 12.9. The van der Waals surface area contributed by atoms with Crippen molar-refractivity contribution in [2.45, 2.75) is 13.3 Å². The Hall–Kier alpha value is -2.16. The normalized spacial score (nSPS) is 9.76. The van der Waals surface area contributed by atoms with Crippen molar-refractivity contribution in [1.82, 2.24) is 15.0 Å². The molecule has 1 aromatic heterocycles. The summed E-state index contributed by atoms with van der Waals surface area (Å²) in [6.07, 6.45) is 0.182. The Kier molecular flexibility index (Phi) is 4.88. The van der Waals surface area contributed by atoms with Crippen LogP contribution in [-0.4, -0.2) is 34.0 Å². The predicted molar refractivity (Wildman–Crippen MR) is 61.1 cm³/mol. The predicted octanol–water partition coefficient (Wildman–Crippen LogP) is -1.16. The zero-order chi connectivity index (χ0) is 12.7. The molecule has 9 heteroatoms. The van der Waals surface area contributed by atoms with Gasteiger partial charge in [0.25, 0.3) is 0 Å². The number of nitrogen functional groups attached to an aromatic ring is 1. The quantitative estimate of drug-likeness (QED) is 0.346. The number of hydrogen-bond acceptors (Lipinski definition) is 8. The Balaban J connectivity index is 2.69. The fourth-order valence-corrected chi connectivity index (χ4v) is 0.991. The summed E-state index contributed by atoms with van der Waals surface area (Å²) in [6.45, 7) is 2.56. The minimum atomic E-state index is -0.409. The number of carbonyl (C=O) groups is 1. The average Bonchev–Trinajstić information content (AvgIpc) is 2.28. The third kappa shape index (κ3) is 4.47. The third-order valence-electron chi connectivity index (χ3n) is 1.67. The zero-order valence-electron chi connectivity index (χ0n) is 9.43. The highest BCUT2D eigenvalue weighted by molar-refractivity contribution is 5.74. The summed E-state index contributed by atoms with van der Waals surface area (Å²) in [5, 5.41) is 2.81. The first-order valence-electron chi connectivity index (χ1n) is 5.03. The Morgan fingerprint density at radius 1 is 1.35 bits per heavy atom. The van der Waals surface area contributed by atoms with Crippen molar-refractivity contribution in [2.24, 2.45) is 11.6 Å². The molecule has 0 saturated carbocycles. The second-order valence-electron chi connectivity index (χ2n) is 2.99. The fraction of sp³-hybridized carbons (Fsp3) is 0.500. The van der Waals surface area contributed by atoms with Gasteiger partial charge in [0, 0.05) is 13.0 Å². The van der Waals surface area contributed by atoms with Crippen LogP contribution in [0.3, 0.4) is 0 Å². The standard InChI is InChI=1S/C8H15N7O2/c1-2-17-8-13-6(11-4-3-5(9)16)12-7(14-8)15-10/h2-4,10H2,1H3,(H2,9,16)(H2,11,12,13,14,15). The van der Waals surface area contributed by atoms with Crippen LogP contribution in [0.2, 0.25) is 0 Å². The van der Waals surface area contributed by atoms with E-state index in [0.717, 1.165) is 0 Å². The number of aromatic nitrogens is 3. The molecule has 0 spiro atoms. The summed E-state index contributed by atoms with van der Waals surface area (Å²) in [5.74, 6) is 5.22. The topological polar surface area (TPSA) is 141 Å². The van der Waals surface area contributed by atoms with Gasteiger partial charge in [-0.2, -0.15) is 15.0 Å². The van der Waals surface area contributed by atoms with Crippen LogP contribution in [0.25, 0.3) is 0 Å². The van der Waals surface area contributed by atoms with Crippen molar-refractivity contribution >= 4 is 17.8 Å². The fourth-order valence-electron chi connectivity index (χ4n) is 0.991. The van der Waals surface area contributed by atoms with E-state index in [0.29, 0.717) is 13.2 Å². The van der Waals surface area contributed by atoms with E-state index in [1.807, 2.05) is 0 Å².